The van der Waals surface area contributed by atoms with Gasteiger partial charge < -0.3 is 4.42 Å². The topological polar surface area (TPSA) is 52.2 Å². The second kappa shape index (κ2) is 5.39. The lowest BCUT2D eigenvalue weighted by Crippen LogP contribution is -2.20. The molecule has 0 saturated heterocycles. The molecule has 3 aromatic rings. The van der Waals surface area contributed by atoms with E-state index >= 15 is 0 Å². The quantitative estimate of drug-likeness (QED) is 0.690. The third-order valence-corrected chi connectivity index (χ3v) is 3.55. The number of benzene rings is 2. The van der Waals surface area contributed by atoms with Crippen LogP contribution in [0.5, 0.6) is 0 Å². The van der Waals surface area contributed by atoms with E-state index in [0.717, 1.165) is 0 Å². The Bertz CT molecular complexity index is 895. The molecule has 3 rings (SSSR count). The summed E-state index contributed by atoms with van der Waals surface area (Å²) < 4.78 is 6.34. The minimum Gasteiger partial charge on any atom is -0.408 e. The molecule has 0 radical (unpaired) electrons. The van der Waals surface area contributed by atoms with Crippen LogP contribution in [-0.2, 0) is 6.54 Å². The first-order chi connectivity index (χ1) is 10.0. The van der Waals surface area contributed by atoms with Gasteiger partial charge in [0.15, 0.2) is 11.4 Å². The van der Waals surface area contributed by atoms with Crippen molar-refractivity contribution in [2.75, 3.05) is 0 Å². The molecule has 2 aromatic carbocycles. The summed E-state index contributed by atoms with van der Waals surface area (Å²) in [6.45, 7) is -0.132. The van der Waals surface area contributed by atoms with Gasteiger partial charge in [-0.05, 0) is 30.3 Å². The Morgan fingerprint density at radius 1 is 1.10 bits per heavy atom. The van der Waals surface area contributed by atoms with E-state index in [0.29, 0.717) is 26.7 Å². The van der Waals surface area contributed by atoms with Gasteiger partial charge in [-0.15, -0.1) is 0 Å². The van der Waals surface area contributed by atoms with Crippen LogP contribution in [0.4, 0.5) is 0 Å². The first-order valence-electron chi connectivity index (χ1n) is 6.12. The summed E-state index contributed by atoms with van der Waals surface area (Å²) in [5.74, 6) is -0.829. The van der Waals surface area contributed by atoms with Gasteiger partial charge in [-0.25, -0.2) is 4.79 Å². The van der Waals surface area contributed by atoms with E-state index in [4.69, 9.17) is 27.6 Å². The van der Waals surface area contributed by atoms with Crippen LogP contribution >= 0.6 is 23.2 Å². The predicted molar refractivity (Wildman–Crippen MR) is 81.3 cm³/mol. The van der Waals surface area contributed by atoms with Gasteiger partial charge in [0.2, 0.25) is 0 Å². The average Bonchev–Trinajstić information content (AvgIpc) is 2.75. The molecule has 0 aliphatic heterocycles. The van der Waals surface area contributed by atoms with Crippen molar-refractivity contribution in [1.82, 2.24) is 4.57 Å². The van der Waals surface area contributed by atoms with E-state index in [9.17, 15) is 9.59 Å². The minimum absolute atomic E-state index is 0.132. The number of hydrogen-bond donors (Lipinski definition) is 0. The van der Waals surface area contributed by atoms with Gasteiger partial charge in [0, 0.05) is 15.6 Å². The molecule has 0 N–H and O–H groups in total. The SMILES string of the molecule is O=C(Cn1c(=O)oc2ccc(Cl)cc21)c1cccc(Cl)c1. The maximum Gasteiger partial charge on any atom is 0.420 e. The molecule has 0 atom stereocenters. The number of aromatic nitrogens is 1. The Hall–Kier alpha value is -2.04. The Balaban J connectivity index is 2.02. The van der Waals surface area contributed by atoms with Crippen molar-refractivity contribution in [3.63, 3.8) is 0 Å². The first-order valence-corrected chi connectivity index (χ1v) is 6.88. The molecule has 0 amide bonds. The highest BCUT2D eigenvalue weighted by molar-refractivity contribution is 6.31. The largest absolute Gasteiger partial charge is 0.420 e. The zero-order valence-corrected chi connectivity index (χ0v) is 12.2. The van der Waals surface area contributed by atoms with Gasteiger partial charge in [-0.3, -0.25) is 9.36 Å². The van der Waals surface area contributed by atoms with Crippen LogP contribution in [0.25, 0.3) is 11.1 Å². The third kappa shape index (κ3) is 2.73. The van der Waals surface area contributed by atoms with Gasteiger partial charge in [-0.2, -0.15) is 0 Å². The fourth-order valence-electron chi connectivity index (χ4n) is 2.08. The molecular formula is C15H9Cl2NO3. The van der Waals surface area contributed by atoms with E-state index in [-0.39, 0.29) is 12.3 Å². The summed E-state index contributed by atoms with van der Waals surface area (Å²) in [6.07, 6.45) is 0. The fourth-order valence-corrected chi connectivity index (χ4v) is 2.44. The summed E-state index contributed by atoms with van der Waals surface area (Å²) in [5.41, 5.74) is 1.32. The highest BCUT2D eigenvalue weighted by Crippen LogP contribution is 2.19. The van der Waals surface area contributed by atoms with Crippen LogP contribution in [0, 0.1) is 0 Å². The van der Waals surface area contributed by atoms with E-state index in [2.05, 4.69) is 0 Å². The molecule has 21 heavy (non-hydrogen) atoms. The maximum atomic E-state index is 12.3. The van der Waals surface area contributed by atoms with E-state index in [1.807, 2.05) is 0 Å². The van der Waals surface area contributed by atoms with Crippen LogP contribution in [0.1, 0.15) is 10.4 Å². The van der Waals surface area contributed by atoms with Crippen LogP contribution in [0.15, 0.2) is 51.7 Å². The van der Waals surface area contributed by atoms with Gasteiger partial charge in [0.1, 0.15) is 0 Å². The predicted octanol–water partition coefficient (Wildman–Crippen LogP) is 3.78. The van der Waals surface area contributed by atoms with Crippen LogP contribution in [0.2, 0.25) is 10.0 Å². The number of carbonyl (C=O) groups is 1. The summed E-state index contributed by atoms with van der Waals surface area (Å²) in [7, 11) is 0. The molecule has 0 saturated carbocycles. The van der Waals surface area contributed by atoms with Crippen molar-refractivity contribution in [2.24, 2.45) is 0 Å². The van der Waals surface area contributed by atoms with Crippen molar-refractivity contribution in [3.05, 3.63) is 68.6 Å². The third-order valence-electron chi connectivity index (χ3n) is 3.08. The van der Waals surface area contributed by atoms with Gasteiger partial charge in [0.25, 0.3) is 0 Å². The number of fused-ring (bicyclic) bond motifs is 1. The van der Waals surface area contributed by atoms with Crippen molar-refractivity contribution in [1.29, 1.82) is 0 Å². The molecule has 106 valence electrons. The molecule has 1 heterocycles. The molecular weight excluding hydrogens is 313 g/mol. The van der Waals surface area contributed by atoms with Crippen LogP contribution in [0.3, 0.4) is 0 Å². The summed E-state index contributed by atoms with van der Waals surface area (Å²) in [6, 6.07) is 11.4. The fraction of sp³-hybridized carbons (Fsp3) is 0.0667. The molecule has 6 heteroatoms. The molecule has 1 aromatic heterocycles. The number of Topliss-reactive ketones (excluding diaryl/α,β-unsaturated/α-hetero) is 1. The summed E-state index contributed by atoms with van der Waals surface area (Å²) in [4.78, 5) is 24.1. The highest BCUT2D eigenvalue weighted by Gasteiger charge is 2.14. The van der Waals surface area contributed by atoms with Crippen molar-refractivity contribution in [3.8, 4) is 0 Å². The van der Waals surface area contributed by atoms with Crippen molar-refractivity contribution >= 4 is 40.1 Å². The number of ketones is 1. The number of rotatable bonds is 3. The molecule has 0 fully saturated rings. The molecule has 0 aliphatic rings. The zero-order valence-electron chi connectivity index (χ0n) is 10.7. The summed E-state index contributed by atoms with van der Waals surface area (Å²) >= 11 is 11.8. The normalized spacial score (nSPS) is 11.0. The van der Waals surface area contributed by atoms with Crippen LogP contribution in [-0.4, -0.2) is 10.4 Å². The lowest BCUT2D eigenvalue weighted by Gasteiger charge is -2.03. The first kappa shape index (κ1) is 13.9. The average molecular weight is 322 g/mol. The summed E-state index contributed by atoms with van der Waals surface area (Å²) in [5, 5.41) is 0.931. The highest BCUT2D eigenvalue weighted by atomic mass is 35.5. The number of oxazole rings is 1. The second-order valence-corrected chi connectivity index (χ2v) is 5.37. The zero-order chi connectivity index (χ0) is 15.0. The lowest BCUT2D eigenvalue weighted by molar-refractivity contribution is 0.0970. The Kier molecular flexibility index (Phi) is 3.57. The molecule has 0 spiro atoms. The number of hydrogen-bond acceptors (Lipinski definition) is 3. The van der Waals surface area contributed by atoms with Crippen molar-refractivity contribution < 1.29 is 9.21 Å². The number of halogens is 2. The van der Waals surface area contributed by atoms with Crippen molar-refractivity contribution in [2.45, 2.75) is 6.54 Å². The van der Waals surface area contributed by atoms with Crippen LogP contribution < -0.4 is 5.76 Å². The second-order valence-electron chi connectivity index (χ2n) is 4.50. The number of nitrogens with zero attached hydrogens (tertiary/aromatic N) is 1. The molecule has 4 nitrogen and oxygen atoms in total. The van der Waals surface area contributed by atoms with Gasteiger partial charge in [0.05, 0.1) is 12.1 Å². The Morgan fingerprint density at radius 3 is 2.62 bits per heavy atom. The van der Waals surface area contributed by atoms with E-state index in [1.54, 1.807) is 42.5 Å². The minimum atomic E-state index is -0.595. The number of carbonyl (C=O) groups excluding carboxylic acids is 1. The standard InChI is InChI=1S/C15H9Cl2NO3/c16-10-3-1-2-9(6-10)13(19)8-18-12-7-11(17)4-5-14(12)21-15(18)20/h1-7H,8H2. The Morgan fingerprint density at radius 2 is 1.86 bits per heavy atom. The molecule has 0 bridgehead atoms. The molecule has 0 aliphatic carbocycles. The van der Waals surface area contributed by atoms with E-state index < -0.39 is 5.76 Å². The molecule has 0 unspecified atom stereocenters. The Labute approximate surface area is 129 Å². The lowest BCUT2D eigenvalue weighted by atomic mass is 10.1. The van der Waals surface area contributed by atoms with Gasteiger partial charge >= 0.3 is 5.76 Å². The van der Waals surface area contributed by atoms with Gasteiger partial charge in [-0.1, -0.05) is 35.3 Å². The van der Waals surface area contributed by atoms with E-state index in [1.165, 1.54) is 4.57 Å². The maximum absolute atomic E-state index is 12.3. The smallest absolute Gasteiger partial charge is 0.408 e. The monoisotopic (exact) mass is 321 g/mol.